The Morgan fingerprint density at radius 1 is 1.17 bits per heavy atom. The molecule has 0 spiro atoms. The number of nitrogens with one attached hydrogen (secondary N) is 1. The zero-order valence-corrected chi connectivity index (χ0v) is 18.1. The van der Waals surface area contributed by atoms with Gasteiger partial charge in [0.25, 0.3) is 0 Å². The van der Waals surface area contributed by atoms with Gasteiger partial charge in [0.1, 0.15) is 0 Å². The Morgan fingerprint density at radius 2 is 1.80 bits per heavy atom. The average Bonchev–Trinajstić information content (AvgIpc) is 2.71. The molecule has 1 aliphatic rings. The van der Waals surface area contributed by atoms with Gasteiger partial charge in [0.2, 0.25) is 0 Å². The number of ether oxygens (including phenoxy) is 3. The summed E-state index contributed by atoms with van der Waals surface area (Å²) in [5.74, 6) is -2.18. The number of carboxylic acid groups (broad SMARTS) is 2. The van der Waals surface area contributed by atoms with Crippen LogP contribution in [0.5, 0.6) is 11.5 Å². The number of hydrogen-bond acceptors (Lipinski definition) is 7. The van der Waals surface area contributed by atoms with E-state index >= 15 is 0 Å². The van der Waals surface area contributed by atoms with Crippen molar-refractivity contribution >= 4 is 11.9 Å². The molecule has 1 aromatic rings. The van der Waals surface area contributed by atoms with E-state index in [1.54, 1.807) is 14.2 Å². The molecule has 0 aliphatic carbocycles. The predicted molar refractivity (Wildman–Crippen MR) is 110 cm³/mol. The Morgan fingerprint density at radius 3 is 2.33 bits per heavy atom. The highest BCUT2D eigenvalue weighted by Gasteiger charge is 2.40. The molecule has 1 fully saturated rings. The number of aliphatic hydroxyl groups is 1. The van der Waals surface area contributed by atoms with Crippen molar-refractivity contribution < 1.29 is 39.1 Å². The van der Waals surface area contributed by atoms with Crippen LogP contribution in [0, 0.1) is 0 Å². The third kappa shape index (κ3) is 8.17. The van der Waals surface area contributed by atoms with Gasteiger partial charge in [0.15, 0.2) is 11.5 Å². The van der Waals surface area contributed by atoms with Crippen LogP contribution in [0.25, 0.3) is 0 Å². The molecule has 9 nitrogen and oxygen atoms in total. The van der Waals surface area contributed by atoms with Crippen molar-refractivity contribution in [2.24, 2.45) is 0 Å². The van der Waals surface area contributed by atoms with Gasteiger partial charge < -0.3 is 34.8 Å². The number of carbonyl (C=O) groups is 2. The molecule has 1 aromatic carbocycles. The number of hydrogen-bond donors (Lipinski definition) is 4. The summed E-state index contributed by atoms with van der Waals surface area (Å²) in [5, 5.41) is 29.0. The highest BCUT2D eigenvalue weighted by atomic mass is 16.5. The fourth-order valence-electron chi connectivity index (χ4n) is 3.31. The second kappa shape index (κ2) is 11.7. The molecule has 0 saturated carbocycles. The highest BCUT2D eigenvalue weighted by Crippen LogP contribution is 2.36. The second-order valence-electron chi connectivity index (χ2n) is 7.53. The summed E-state index contributed by atoms with van der Waals surface area (Å²) in [6.45, 7) is 6.34. The molecule has 9 heteroatoms. The molecule has 0 aromatic heterocycles. The minimum absolute atomic E-state index is 0.198. The quantitative estimate of drug-likeness (QED) is 0.363. The normalized spacial score (nSPS) is 23.1. The molecule has 170 valence electrons. The van der Waals surface area contributed by atoms with Crippen LogP contribution in [0.4, 0.5) is 0 Å². The van der Waals surface area contributed by atoms with Crippen molar-refractivity contribution in [3.63, 3.8) is 0 Å². The van der Waals surface area contributed by atoms with Crippen LogP contribution in [0.1, 0.15) is 45.1 Å². The van der Waals surface area contributed by atoms with E-state index < -0.39 is 17.5 Å². The molecular weight excluding hydrogens is 394 g/mol. The van der Waals surface area contributed by atoms with E-state index in [0.29, 0.717) is 19.4 Å². The van der Waals surface area contributed by atoms with Gasteiger partial charge in [0, 0.05) is 13.0 Å². The summed E-state index contributed by atoms with van der Waals surface area (Å²) in [7, 11) is 3.27. The van der Waals surface area contributed by atoms with Crippen LogP contribution >= 0.6 is 0 Å². The van der Waals surface area contributed by atoms with E-state index in [1.807, 2.05) is 18.2 Å². The summed E-state index contributed by atoms with van der Waals surface area (Å²) < 4.78 is 16.4. The Bertz CT molecular complexity index is 698. The lowest BCUT2D eigenvalue weighted by atomic mass is 9.80. The highest BCUT2D eigenvalue weighted by molar-refractivity contribution is 6.27. The molecule has 4 N–H and O–H groups in total. The lowest BCUT2D eigenvalue weighted by Crippen LogP contribution is -2.48. The van der Waals surface area contributed by atoms with Gasteiger partial charge in [-0.3, -0.25) is 0 Å². The summed E-state index contributed by atoms with van der Waals surface area (Å²) in [5.41, 5.74) is 0.300. The molecule has 2 rings (SSSR count). The van der Waals surface area contributed by atoms with Crippen LogP contribution in [0.15, 0.2) is 18.2 Å². The van der Waals surface area contributed by atoms with E-state index in [-0.39, 0.29) is 5.60 Å². The number of methoxy groups -OCH3 is 2. The van der Waals surface area contributed by atoms with E-state index in [2.05, 4.69) is 19.2 Å². The average molecular weight is 427 g/mol. The minimum atomic E-state index is -1.82. The van der Waals surface area contributed by atoms with Crippen LogP contribution in [0.3, 0.4) is 0 Å². The third-order valence-electron chi connectivity index (χ3n) is 5.20. The molecule has 30 heavy (non-hydrogen) atoms. The van der Waals surface area contributed by atoms with Crippen molar-refractivity contribution in [3.05, 3.63) is 23.8 Å². The zero-order chi connectivity index (χ0) is 22.8. The molecule has 1 heterocycles. The lowest BCUT2D eigenvalue weighted by Gasteiger charge is -2.43. The number of carboxylic acids is 2. The Balaban J connectivity index is 0.000000656. The zero-order valence-electron chi connectivity index (χ0n) is 18.1. The maximum absolute atomic E-state index is 10.8. The van der Waals surface area contributed by atoms with Gasteiger partial charge in [-0.15, -0.1) is 0 Å². The maximum atomic E-state index is 10.8. The first-order valence-corrected chi connectivity index (χ1v) is 9.82. The van der Waals surface area contributed by atoms with Crippen molar-refractivity contribution in [2.75, 3.05) is 27.4 Å². The van der Waals surface area contributed by atoms with Gasteiger partial charge in [-0.1, -0.05) is 13.0 Å². The fraction of sp³-hybridized carbons (Fsp3) is 0.619. The van der Waals surface area contributed by atoms with Crippen molar-refractivity contribution in [2.45, 2.75) is 57.3 Å². The third-order valence-corrected chi connectivity index (χ3v) is 5.20. The Hall–Kier alpha value is -2.36. The van der Waals surface area contributed by atoms with Crippen LogP contribution in [0.2, 0.25) is 0 Å². The molecule has 0 radical (unpaired) electrons. The first kappa shape index (κ1) is 25.7. The fourth-order valence-corrected chi connectivity index (χ4v) is 3.31. The Kier molecular flexibility index (Phi) is 10.0. The maximum Gasteiger partial charge on any atom is 0.414 e. The first-order valence-electron chi connectivity index (χ1n) is 9.82. The van der Waals surface area contributed by atoms with Gasteiger partial charge in [-0.2, -0.15) is 0 Å². The van der Waals surface area contributed by atoms with Crippen molar-refractivity contribution in [1.29, 1.82) is 0 Å². The van der Waals surface area contributed by atoms with E-state index in [4.69, 9.17) is 34.0 Å². The molecular formula is C21H33NO8. The van der Waals surface area contributed by atoms with Gasteiger partial charge in [-0.05, 0) is 50.4 Å². The second-order valence-corrected chi connectivity index (χ2v) is 7.53. The van der Waals surface area contributed by atoms with Gasteiger partial charge in [0.05, 0.1) is 32.0 Å². The van der Waals surface area contributed by atoms with E-state index in [1.165, 1.54) is 0 Å². The van der Waals surface area contributed by atoms with Crippen molar-refractivity contribution in [3.8, 4) is 11.5 Å². The van der Waals surface area contributed by atoms with Crippen LogP contribution < -0.4 is 14.8 Å². The minimum Gasteiger partial charge on any atom is -0.493 e. The van der Waals surface area contributed by atoms with E-state index in [9.17, 15) is 5.11 Å². The van der Waals surface area contributed by atoms with Crippen molar-refractivity contribution in [1.82, 2.24) is 5.32 Å². The van der Waals surface area contributed by atoms with E-state index in [0.717, 1.165) is 43.0 Å². The topological polar surface area (TPSA) is 135 Å². The number of benzene rings is 1. The largest absolute Gasteiger partial charge is 0.493 e. The van der Waals surface area contributed by atoms with Crippen LogP contribution in [-0.2, 0) is 20.9 Å². The monoisotopic (exact) mass is 427 g/mol. The number of aliphatic carboxylic acids is 2. The molecule has 0 bridgehead atoms. The molecule has 1 aliphatic heterocycles. The smallest absolute Gasteiger partial charge is 0.414 e. The summed E-state index contributed by atoms with van der Waals surface area (Å²) in [4.78, 5) is 18.2. The molecule has 2 unspecified atom stereocenters. The predicted octanol–water partition coefficient (Wildman–Crippen LogP) is 2.05. The van der Waals surface area contributed by atoms with Gasteiger partial charge in [-0.25, -0.2) is 9.59 Å². The first-order chi connectivity index (χ1) is 14.1. The molecule has 0 amide bonds. The number of rotatable bonds is 8. The Labute approximate surface area is 177 Å². The summed E-state index contributed by atoms with van der Waals surface area (Å²) >= 11 is 0. The SMILES string of the molecule is CCC1(C)CC(O)(CCNCc2ccc(OC)c(OC)c2)CCO1.O=C(O)C(=O)O. The summed E-state index contributed by atoms with van der Waals surface area (Å²) in [6, 6.07) is 5.91. The summed E-state index contributed by atoms with van der Waals surface area (Å²) in [6.07, 6.45) is 3.07. The molecule has 1 saturated heterocycles. The van der Waals surface area contributed by atoms with Crippen LogP contribution in [-0.4, -0.2) is 65.8 Å². The standard InChI is InChI=1S/C19H31NO4.C2H2O4/c1-5-18(2)14-19(21,9-11-24-18)8-10-20-13-15-6-7-16(22-3)17(12-15)23-4;3-1(4)2(5)6/h6-7,12,20-21H,5,8-11,13-14H2,1-4H3;(H,3,4)(H,5,6). The van der Waals surface area contributed by atoms with Gasteiger partial charge >= 0.3 is 11.9 Å². The lowest BCUT2D eigenvalue weighted by molar-refractivity contribution is -0.159. The molecule has 2 atom stereocenters.